The first-order valence-corrected chi connectivity index (χ1v) is 8.05. The van der Waals surface area contributed by atoms with Crippen LogP contribution in [-0.2, 0) is 12.2 Å². The van der Waals surface area contributed by atoms with Crippen molar-refractivity contribution >= 4 is 23.4 Å². The molecule has 0 spiro atoms. The molecule has 0 unspecified atom stereocenters. The van der Waals surface area contributed by atoms with Crippen LogP contribution in [0.5, 0.6) is 0 Å². The third-order valence-corrected chi connectivity index (χ3v) is 4.02. The number of H-pyrrole nitrogens is 1. The van der Waals surface area contributed by atoms with Gasteiger partial charge in [0.2, 0.25) is 11.1 Å². The van der Waals surface area contributed by atoms with Gasteiger partial charge >= 0.3 is 0 Å². The monoisotopic (exact) mass is 315 g/mol. The van der Waals surface area contributed by atoms with Crippen LogP contribution in [0.15, 0.2) is 40.0 Å². The van der Waals surface area contributed by atoms with Gasteiger partial charge in [-0.3, -0.25) is 0 Å². The van der Waals surface area contributed by atoms with Crippen LogP contribution in [0.2, 0.25) is 0 Å². The predicted octanol–water partition coefficient (Wildman–Crippen LogP) is 3.70. The summed E-state index contributed by atoms with van der Waals surface area (Å²) in [7, 11) is 0. The molecule has 6 nitrogen and oxygen atoms in total. The van der Waals surface area contributed by atoms with Crippen LogP contribution >= 0.6 is 11.8 Å². The minimum absolute atomic E-state index is 0.639. The molecule has 22 heavy (non-hydrogen) atoms. The molecule has 0 bridgehead atoms. The summed E-state index contributed by atoms with van der Waals surface area (Å²) in [6.45, 7) is 4.00. The molecule has 2 N–H and O–H groups in total. The minimum Gasteiger partial charge on any atom is -0.361 e. The first-order valence-electron chi connectivity index (χ1n) is 7.07. The van der Waals surface area contributed by atoms with Gasteiger partial charge in [0.15, 0.2) is 0 Å². The molecular formula is C15H17N5OS. The van der Waals surface area contributed by atoms with E-state index in [1.54, 1.807) is 0 Å². The van der Waals surface area contributed by atoms with Crippen molar-refractivity contribution in [2.45, 2.75) is 31.2 Å². The largest absolute Gasteiger partial charge is 0.361 e. The molecule has 114 valence electrons. The van der Waals surface area contributed by atoms with Crippen LogP contribution < -0.4 is 5.32 Å². The van der Waals surface area contributed by atoms with E-state index in [0.29, 0.717) is 16.9 Å². The number of aromatic amines is 1. The molecule has 3 rings (SSSR count). The van der Waals surface area contributed by atoms with Gasteiger partial charge in [-0.1, -0.05) is 42.0 Å². The van der Waals surface area contributed by atoms with Crippen molar-refractivity contribution < 1.29 is 4.52 Å². The maximum Gasteiger partial charge on any atom is 0.223 e. The maximum atomic E-state index is 5.04. The summed E-state index contributed by atoms with van der Waals surface area (Å²) in [4.78, 5) is 4.43. The molecule has 0 fully saturated rings. The molecule has 0 aliphatic carbocycles. The highest BCUT2D eigenvalue weighted by Crippen LogP contribution is 2.22. The SMILES string of the molecule is CCc1ccccc1Nc1nc(SCc2cc(C)on2)n[nH]1. The summed E-state index contributed by atoms with van der Waals surface area (Å²) in [6.07, 6.45) is 0.963. The second kappa shape index (κ2) is 6.65. The Bertz CT molecular complexity index is 752. The van der Waals surface area contributed by atoms with Crippen LogP contribution in [0.4, 0.5) is 11.6 Å². The normalized spacial score (nSPS) is 10.8. The molecule has 0 saturated heterocycles. The Hall–Kier alpha value is -2.28. The fraction of sp³-hybridized carbons (Fsp3) is 0.267. The molecule has 0 radical (unpaired) electrons. The molecule has 7 heteroatoms. The lowest BCUT2D eigenvalue weighted by Gasteiger charge is -2.07. The van der Waals surface area contributed by atoms with Crippen molar-refractivity contribution in [3.8, 4) is 0 Å². The van der Waals surface area contributed by atoms with E-state index in [2.05, 4.69) is 38.6 Å². The first-order chi connectivity index (χ1) is 10.7. The van der Waals surface area contributed by atoms with E-state index < -0.39 is 0 Å². The van der Waals surface area contributed by atoms with Crippen LogP contribution in [-0.4, -0.2) is 20.3 Å². The number of nitrogens with zero attached hydrogens (tertiary/aromatic N) is 3. The number of aromatic nitrogens is 4. The van der Waals surface area contributed by atoms with Gasteiger partial charge in [-0.2, -0.15) is 4.98 Å². The molecular weight excluding hydrogens is 298 g/mol. The van der Waals surface area contributed by atoms with E-state index in [1.165, 1.54) is 17.3 Å². The summed E-state index contributed by atoms with van der Waals surface area (Å²) in [5.74, 6) is 2.13. The van der Waals surface area contributed by atoms with Gasteiger partial charge < -0.3 is 9.84 Å². The van der Waals surface area contributed by atoms with Crippen LogP contribution in [0, 0.1) is 6.92 Å². The smallest absolute Gasteiger partial charge is 0.223 e. The van der Waals surface area contributed by atoms with Gasteiger partial charge in [-0.15, -0.1) is 5.10 Å². The number of thioether (sulfide) groups is 1. The van der Waals surface area contributed by atoms with Crippen molar-refractivity contribution in [3.05, 3.63) is 47.3 Å². The average molecular weight is 315 g/mol. The fourth-order valence-electron chi connectivity index (χ4n) is 2.07. The van der Waals surface area contributed by atoms with Crippen molar-refractivity contribution in [1.29, 1.82) is 0 Å². The Morgan fingerprint density at radius 2 is 2.18 bits per heavy atom. The van der Waals surface area contributed by atoms with E-state index in [4.69, 9.17) is 4.52 Å². The van der Waals surface area contributed by atoms with E-state index >= 15 is 0 Å². The van der Waals surface area contributed by atoms with Gasteiger partial charge in [-0.05, 0) is 25.0 Å². The van der Waals surface area contributed by atoms with Gasteiger partial charge in [0.25, 0.3) is 0 Å². The third-order valence-electron chi connectivity index (χ3n) is 3.14. The number of para-hydroxylation sites is 1. The number of anilines is 2. The fourth-order valence-corrected chi connectivity index (χ4v) is 2.75. The molecule has 0 amide bonds. The highest BCUT2D eigenvalue weighted by atomic mass is 32.2. The molecule has 0 aliphatic heterocycles. The Morgan fingerprint density at radius 1 is 1.32 bits per heavy atom. The number of rotatable bonds is 6. The average Bonchev–Trinajstić information content (AvgIpc) is 3.15. The summed E-state index contributed by atoms with van der Waals surface area (Å²) >= 11 is 1.51. The Balaban J connectivity index is 1.63. The quantitative estimate of drug-likeness (QED) is 0.675. The maximum absolute atomic E-state index is 5.04. The van der Waals surface area contributed by atoms with Crippen molar-refractivity contribution in [2.24, 2.45) is 0 Å². The molecule has 0 atom stereocenters. The molecule has 2 heterocycles. The van der Waals surface area contributed by atoms with E-state index in [1.807, 2.05) is 31.2 Å². The highest BCUT2D eigenvalue weighted by Gasteiger charge is 2.08. The lowest BCUT2D eigenvalue weighted by Crippen LogP contribution is -1.96. The minimum atomic E-state index is 0.639. The third kappa shape index (κ3) is 3.48. The van der Waals surface area contributed by atoms with Gasteiger partial charge in [0.05, 0.1) is 5.69 Å². The van der Waals surface area contributed by atoms with Gasteiger partial charge in [0.1, 0.15) is 5.76 Å². The number of hydrogen-bond donors (Lipinski definition) is 2. The molecule has 2 aromatic heterocycles. The number of nitrogens with one attached hydrogen (secondary N) is 2. The van der Waals surface area contributed by atoms with E-state index in [9.17, 15) is 0 Å². The molecule has 1 aromatic carbocycles. The molecule has 0 saturated carbocycles. The highest BCUT2D eigenvalue weighted by molar-refractivity contribution is 7.98. The van der Waals surface area contributed by atoms with Crippen LogP contribution in [0.3, 0.4) is 0 Å². The second-order valence-corrected chi connectivity index (χ2v) is 5.76. The summed E-state index contributed by atoms with van der Waals surface area (Å²) in [6, 6.07) is 10.1. The molecule has 0 aliphatic rings. The lowest BCUT2D eigenvalue weighted by molar-refractivity contribution is 0.393. The standard InChI is InChI=1S/C15H17N5OS/c1-3-11-6-4-5-7-13(11)16-14-17-15(19-18-14)22-9-12-8-10(2)21-20-12/h4-8H,3,9H2,1-2H3,(H2,16,17,18,19). The number of benzene rings is 1. The summed E-state index contributed by atoms with van der Waals surface area (Å²) in [5.41, 5.74) is 3.18. The Labute approximate surface area is 132 Å². The lowest BCUT2D eigenvalue weighted by atomic mass is 10.1. The van der Waals surface area contributed by atoms with Crippen molar-refractivity contribution in [3.63, 3.8) is 0 Å². The predicted molar refractivity (Wildman–Crippen MR) is 86.3 cm³/mol. The number of aryl methyl sites for hydroxylation is 2. The van der Waals surface area contributed by atoms with E-state index in [-0.39, 0.29) is 0 Å². The second-order valence-electron chi connectivity index (χ2n) is 4.82. The summed E-state index contributed by atoms with van der Waals surface area (Å²) in [5, 5.41) is 15.0. The topological polar surface area (TPSA) is 79.6 Å². The summed E-state index contributed by atoms with van der Waals surface area (Å²) < 4.78 is 5.04. The Kier molecular flexibility index (Phi) is 4.43. The Morgan fingerprint density at radius 3 is 2.95 bits per heavy atom. The van der Waals surface area contributed by atoms with Crippen molar-refractivity contribution in [1.82, 2.24) is 20.3 Å². The van der Waals surface area contributed by atoms with Crippen LogP contribution in [0.25, 0.3) is 0 Å². The van der Waals surface area contributed by atoms with Gasteiger partial charge in [0, 0.05) is 17.5 Å². The first kappa shape index (κ1) is 14.6. The number of hydrogen-bond acceptors (Lipinski definition) is 6. The zero-order valence-corrected chi connectivity index (χ0v) is 13.3. The zero-order valence-electron chi connectivity index (χ0n) is 12.5. The zero-order chi connectivity index (χ0) is 15.4. The van der Waals surface area contributed by atoms with E-state index in [0.717, 1.165) is 23.6 Å². The van der Waals surface area contributed by atoms with Crippen molar-refractivity contribution in [2.75, 3.05) is 5.32 Å². The molecule has 3 aromatic rings. The van der Waals surface area contributed by atoms with Crippen LogP contribution in [0.1, 0.15) is 23.9 Å². The van der Waals surface area contributed by atoms with Gasteiger partial charge in [-0.25, -0.2) is 5.10 Å².